The number of nitrogens with one attached hydrogen (secondary N) is 1. The van der Waals surface area contributed by atoms with Gasteiger partial charge in [0.25, 0.3) is 0 Å². The zero-order chi connectivity index (χ0) is 8.32. The maximum Gasteiger partial charge on any atom is 0.230 e. The summed E-state index contributed by atoms with van der Waals surface area (Å²) >= 11 is 3.05. The van der Waals surface area contributed by atoms with Gasteiger partial charge >= 0.3 is 0 Å². The third-order valence-electron chi connectivity index (χ3n) is 2.07. The molecule has 1 aliphatic rings. The van der Waals surface area contributed by atoms with Crippen molar-refractivity contribution in [3.05, 3.63) is 0 Å². The van der Waals surface area contributed by atoms with Crippen molar-refractivity contribution in [1.29, 1.82) is 0 Å². The van der Waals surface area contributed by atoms with E-state index in [1.807, 2.05) is 0 Å². The van der Waals surface area contributed by atoms with Gasteiger partial charge in [-0.25, -0.2) is 0 Å². The molecule has 3 nitrogen and oxygen atoms in total. The molecular weight excluding hydrogens is 210 g/mol. The van der Waals surface area contributed by atoms with Crippen LogP contribution in [0.25, 0.3) is 0 Å². The number of carbonyl (C=O) groups excluding carboxylic acids is 1. The van der Waals surface area contributed by atoms with E-state index >= 15 is 0 Å². The van der Waals surface area contributed by atoms with Crippen molar-refractivity contribution in [3.8, 4) is 0 Å². The molecule has 64 valence electrons. The molecule has 0 atom stereocenters. The quantitative estimate of drug-likeness (QED) is 0.671. The Kier molecular flexibility index (Phi) is 2.90. The SMILES string of the molecule is O=C(CBr)NCC1(CO)CC1. The second kappa shape index (κ2) is 3.54. The second-order valence-corrected chi connectivity index (χ2v) is 3.63. The van der Waals surface area contributed by atoms with Crippen LogP contribution in [0.3, 0.4) is 0 Å². The molecule has 0 bridgehead atoms. The largest absolute Gasteiger partial charge is 0.396 e. The average molecular weight is 222 g/mol. The Hall–Kier alpha value is -0.0900. The van der Waals surface area contributed by atoms with Gasteiger partial charge in [0.1, 0.15) is 0 Å². The number of aliphatic hydroxyl groups excluding tert-OH is 1. The van der Waals surface area contributed by atoms with E-state index in [2.05, 4.69) is 21.2 Å². The van der Waals surface area contributed by atoms with E-state index in [1.54, 1.807) is 0 Å². The van der Waals surface area contributed by atoms with Gasteiger partial charge in [0.2, 0.25) is 5.91 Å². The first-order chi connectivity index (χ1) is 5.22. The van der Waals surface area contributed by atoms with E-state index in [-0.39, 0.29) is 17.9 Å². The Morgan fingerprint density at radius 2 is 2.27 bits per heavy atom. The van der Waals surface area contributed by atoms with E-state index in [4.69, 9.17) is 5.11 Å². The molecule has 1 rings (SSSR count). The van der Waals surface area contributed by atoms with E-state index in [0.717, 1.165) is 12.8 Å². The van der Waals surface area contributed by atoms with Gasteiger partial charge in [0.15, 0.2) is 0 Å². The average Bonchev–Trinajstić information content (AvgIpc) is 2.81. The predicted molar refractivity (Wildman–Crippen MR) is 45.6 cm³/mol. The maximum atomic E-state index is 10.8. The van der Waals surface area contributed by atoms with Crippen LogP contribution in [0.5, 0.6) is 0 Å². The highest BCUT2D eigenvalue weighted by molar-refractivity contribution is 9.09. The number of rotatable bonds is 4. The van der Waals surface area contributed by atoms with Crippen molar-refractivity contribution < 1.29 is 9.90 Å². The van der Waals surface area contributed by atoms with Crippen molar-refractivity contribution in [2.24, 2.45) is 5.41 Å². The first kappa shape index (κ1) is 9.00. The fourth-order valence-electron chi connectivity index (χ4n) is 0.901. The summed E-state index contributed by atoms with van der Waals surface area (Å²) in [5.74, 6) is -0.00951. The van der Waals surface area contributed by atoms with Crippen LogP contribution in [0, 0.1) is 5.41 Å². The number of hydrogen-bond donors (Lipinski definition) is 2. The predicted octanol–water partition coefficient (Wildman–Crippen LogP) is 0.270. The summed E-state index contributed by atoms with van der Waals surface area (Å²) in [5.41, 5.74) is 0.0256. The smallest absolute Gasteiger partial charge is 0.230 e. The zero-order valence-electron chi connectivity index (χ0n) is 6.27. The van der Waals surface area contributed by atoms with Crippen molar-refractivity contribution in [2.75, 3.05) is 18.5 Å². The molecule has 4 heteroatoms. The van der Waals surface area contributed by atoms with E-state index in [0.29, 0.717) is 11.9 Å². The fraction of sp³-hybridized carbons (Fsp3) is 0.857. The first-order valence-corrected chi connectivity index (χ1v) is 4.78. The topological polar surface area (TPSA) is 49.3 Å². The van der Waals surface area contributed by atoms with Crippen LogP contribution in [0.1, 0.15) is 12.8 Å². The van der Waals surface area contributed by atoms with Crippen LogP contribution in [0.2, 0.25) is 0 Å². The minimum absolute atomic E-state index is 0.00951. The van der Waals surface area contributed by atoms with Crippen LogP contribution in [-0.4, -0.2) is 29.5 Å². The summed E-state index contributed by atoms with van der Waals surface area (Å²) in [5, 5.41) is 12.0. The Morgan fingerprint density at radius 1 is 1.64 bits per heavy atom. The molecule has 1 fully saturated rings. The van der Waals surface area contributed by atoms with Crippen LogP contribution in [-0.2, 0) is 4.79 Å². The van der Waals surface area contributed by atoms with Gasteiger partial charge in [-0.3, -0.25) is 4.79 Å². The van der Waals surface area contributed by atoms with Crippen LogP contribution in [0.4, 0.5) is 0 Å². The van der Waals surface area contributed by atoms with E-state index in [1.165, 1.54) is 0 Å². The molecule has 0 aromatic heterocycles. The Bertz CT molecular complexity index is 157. The third kappa shape index (κ3) is 2.45. The molecule has 11 heavy (non-hydrogen) atoms. The second-order valence-electron chi connectivity index (χ2n) is 3.07. The number of hydrogen-bond acceptors (Lipinski definition) is 2. The van der Waals surface area contributed by atoms with Crippen LogP contribution < -0.4 is 5.32 Å². The number of amides is 1. The first-order valence-electron chi connectivity index (χ1n) is 3.66. The normalized spacial score (nSPS) is 19.5. The van der Waals surface area contributed by atoms with Gasteiger partial charge in [-0.1, -0.05) is 15.9 Å². The van der Waals surface area contributed by atoms with Crippen LogP contribution >= 0.6 is 15.9 Å². The number of halogens is 1. The lowest BCUT2D eigenvalue weighted by Gasteiger charge is -2.11. The molecule has 0 heterocycles. The monoisotopic (exact) mass is 221 g/mol. The molecule has 0 saturated heterocycles. The van der Waals surface area contributed by atoms with E-state index < -0.39 is 0 Å². The summed E-state index contributed by atoms with van der Waals surface area (Å²) in [7, 11) is 0. The van der Waals surface area contributed by atoms with Crippen molar-refractivity contribution >= 4 is 21.8 Å². The van der Waals surface area contributed by atoms with Crippen molar-refractivity contribution in [3.63, 3.8) is 0 Å². The molecular formula is C7H12BrNO2. The molecule has 2 N–H and O–H groups in total. The lowest BCUT2D eigenvalue weighted by Crippen LogP contribution is -2.32. The van der Waals surface area contributed by atoms with Gasteiger partial charge in [-0.05, 0) is 12.8 Å². The summed E-state index contributed by atoms with van der Waals surface area (Å²) in [6.45, 7) is 0.809. The minimum atomic E-state index is -0.00951. The highest BCUT2D eigenvalue weighted by Crippen LogP contribution is 2.44. The maximum absolute atomic E-state index is 10.8. The van der Waals surface area contributed by atoms with Crippen LogP contribution in [0.15, 0.2) is 0 Å². The van der Waals surface area contributed by atoms with E-state index in [9.17, 15) is 4.79 Å². The molecule has 0 radical (unpaired) electrons. The summed E-state index contributed by atoms with van der Waals surface area (Å²) in [4.78, 5) is 10.8. The molecule has 0 aromatic carbocycles. The lowest BCUT2D eigenvalue weighted by molar-refractivity contribution is -0.118. The molecule has 0 aliphatic heterocycles. The highest BCUT2D eigenvalue weighted by Gasteiger charge is 2.41. The van der Waals surface area contributed by atoms with Gasteiger partial charge in [-0.2, -0.15) is 0 Å². The summed E-state index contributed by atoms with van der Waals surface area (Å²) < 4.78 is 0. The Balaban J connectivity index is 2.16. The standard InChI is InChI=1S/C7H12BrNO2/c8-3-6(11)9-4-7(5-10)1-2-7/h10H,1-5H2,(H,9,11). The minimum Gasteiger partial charge on any atom is -0.396 e. The molecule has 1 amide bonds. The summed E-state index contributed by atoms with van der Waals surface area (Å²) in [6, 6.07) is 0. The Labute approximate surface area is 74.3 Å². The number of carbonyl (C=O) groups is 1. The van der Waals surface area contributed by atoms with Gasteiger partial charge < -0.3 is 10.4 Å². The lowest BCUT2D eigenvalue weighted by atomic mass is 10.1. The molecule has 0 spiro atoms. The highest BCUT2D eigenvalue weighted by atomic mass is 79.9. The number of alkyl halides is 1. The summed E-state index contributed by atoms with van der Waals surface area (Å²) in [6.07, 6.45) is 2.07. The van der Waals surface area contributed by atoms with Crippen molar-refractivity contribution in [2.45, 2.75) is 12.8 Å². The fourth-order valence-corrected chi connectivity index (χ4v) is 1.10. The third-order valence-corrected chi connectivity index (χ3v) is 2.58. The molecule has 1 aliphatic carbocycles. The zero-order valence-corrected chi connectivity index (χ0v) is 7.85. The Morgan fingerprint density at radius 3 is 2.64 bits per heavy atom. The van der Waals surface area contributed by atoms with Gasteiger partial charge in [-0.15, -0.1) is 0 Å². The molecule has 0 aromatic rings. The number of aliphatic hydroxyl groups is 1. The molecule has 1 saturated carbocycles. The van der Waals surface area contributed by atoms with Crippen molar-refractivity contribution in [1.82, 2.24) is 5.32 Å². The van der Waals surface area contributed by atoms with Gasteiger partial charge in [0, 0.05) is 12.0 Å². The van der Waals surface area contributed by atoms with Gasteiger partial charge in [0.05, 0.1) is 11.9 Å². The molecule has 0 unspecified atom stereocenters.